The number of methoxy groups -OCH3 is 1. The largest absolute Gasteiger partial charge is 0.394 e. The van der Waals surface area contributed by atoms with Crippen molar-refractivity contribution >= 4 is 0 Å². The first-order valence-corrected chi connectivity index (χ1v) is 3.35. The van der Waals surface area contributed by atoms with Gasteiger partial charge < -0.3 is 24.8 Å². The molecule has 1 aliphatic rings. The molecule has 0 bridgehead atoms. The van der Waals surface area contributed by atoms with Crippen LogP contribution in [0.4, 0.5) is 0 Å². The third-order valence-electron chi connectivity index (χ3n) is 1.73. The SMILES string of the molecule is CO[C@@]1(O)C[C@H](O)[C@@H](CO)O1. The molecule has 3 atom stereocenters. The fourth-order valence-electron chi connectivity index (χ4n) is 1.05. The van der Waals surface area contributed by atoms with Crippen LogP contribution in [0.3, 0.4) is 0 Å². The van der Waals surface area contributed by atoms with Gasteiger partial charge in [-0.05, 0) is 0 Å². The number of hydrogen-bond acceptors (Lipinski definition) is 5. The van der Waals surface area contributed by atoms with Gasteiger partial charge in [0.15, 0.2) is 0 Å². The Kier molecular flexibility index (Phi) is 2.46. The van der Waals surface area contributed by atoms with Crippen molar-refractivity contribution in [2.45, 2.75) is 24.6 Å². The molecule has 0 aliphatic carbocycles. The molecule has 11 heavy (non-hydrogen) atoms. The molecule has 5 nitrogen and oxygen atoms in total. The van der Waals surface area contributed by atoms with Crippen LogP contribution in [0.2, 0.25) is 0 Å². The smallest absolute Gasteiger partial charge is 0.283 e. The molecular weight excluding hydrogens is 152 g/mol. The summed E-state index contributed by atoms with van der Waals surface area (Å²) < 4.78 is 9.36. The standard InChI is InChI=1S/C6H12O5/c1-10-6(9)2-4(8)5(3-7)11-6/h4-5,7-9H,2-3H2,1H3/t4-,5+,6-/m0/s1. The Balaban J connectivity index is 2.55. The second kappa shape index (κ2) is 3.04. The van der Waals surface area contributed by atoms with E-state index in [1.54, 1.807) is 0 Å². The topological polar surface area (TPSA) is 79.2 Å². The summed E-state index contributed by atoms with van der Waals surface area (Å²) in [7, 11) is 1.27. The molecule has 1 saturated heterocycles. The van der Waals surface area contributed by atoms with Gasteiger partial charge in [-0.25, -0.2) is 0 Å². The highest BCUT2D eigenvalue weighted by atomic mass is 16.8. The summed E-state index contributed by atoms with van der Waals surface area (Å²) in [6, 6.07) is 0. The summed E-state index contributed by atoms with van der Waals surface area (Å²) in [5.41, 5.74) is 0. The van der Waals surface area contributed by atoms with Crippen molar-refractivity contribution in [2.24, 2.45) is 0 Å². The van der Waals surface area contributed by atoms with Crippen LogP contribution in [0.15, 0.2) is 0 Å². The Hall–Kier alpha value is -0.200. The molecule has 3 N–H and O–H groups in total. The lowest BCUT2D eigenvalue weighted by Crippen LogP contribution is -2.31. The lowest BCUT2D eigenvalue weighted by Gasteiger charge is -2.19. The van der Waals surface area contributed by atoms with Gasteiger partial charge in [-0.1, -0.05) is 0 Å². The van der Waals surface area contributed by atoms with Crippen LogP contribution < -0.4 is 0 Å². The predicted octanol–water partition coefficient (Wildman–Crippen LogP) is -1.58. The van der Waals surface area contributed by atoms with E-state index in [0.717, 1.165) is 0 Å². The van der Waals surface area contributed by atoms with E-state index in [1.807, 2.05) is 0 Å². The fourth-order valence-corrected chi connectivity index (χ4v) is 1.05. The van der Waals surface area contributed by atoms with Gasteiger partial charge in [0, 0.05) is 7.11 Å². The molecule has 0 spiro atoms. The Morgan fingerprint density at radius 3 is 2.64 bits per heavy atom. The van der Waals surface area contributed by atoms with Crippen molar-refractivity contribution in [1.82, 2.24) is 0 Å². The highest BCUT2D eigenvalue weighted by Gasteiger charge is 2.44. The van der Waals surface area contributed by atoms with Gasteiger partial charge in [0.25, 0.3) is 5.97 Å². The van der Waals surface area contributed by atoms with Crippen molar-refractivity contribution in [1.29, 1.82) is 0 Å². The molecule has 66 valence electrons. The number of rotatable bonds is 2. The van der Waals surface area contributed by atoms with Crippen LogP contribution in [0.25, 0.3) is 0 Å². The summed E-state index contributed by atoms with van der Waals surface area (Å²) in [5, 5.41) is 27.0. The van der Waals surface area contributed by atoms with Gasteiger partial charge in [0.2, 0.25) is 0 Å². The first-order valence-electron chi connectivity index (χ1n) is 3.35. The Bertz CT molecular complexity index is 139. The maximum Gasteiger partial charge on any atom is 0.283 e. The molecule has 0 saturated carbocycles. The lowest BCUT2D eigenvalue weighted by atomic mass is 10.2. The molecule has 0 aromatic carbocycles. The van der Waals surface area contributed by atoms with Crippen LogP contribution in [0.1, 0.15) is 6.42 Å². The van der Waals surface area contributed by atoms with Gasteiger partial charge >= 0.3 is 0 Å². The third kappa shape index (κ3) is 1.69. The van der Waals surface area contributed by atoms with Gasteiger partial charge in [-0.3, -0.25) is 0 Å². The first kappa shape index (κ1) is 8.89. The molecule has 1 aliphatic heterocycles. The van der Waals surface area contributed by atoms with Crippen molar-refractivity contribution in [3.63, 3.8) is 0 Å². The van der Waals surface area contributed by atoms with E-state index in [0.29, 0.717) is 0 Å². The van der Waals surface area contributed by atoms with E-state index < -0.39 is 18.2 Å². The Labute approximate surface area is 64.2 Å². The number of ether oxygens (including phenoxy) is 2. The van der Waals surface area contributed by atoms with Gasteiger partial charge in [-0.15, -0.1) is 0 Å². The summed E-state index contributed by atoms with van der Waals surface area (Å²) >= 11 is 0. The highest BCUT2D eigenvalue weighted by molar-refractivity contribution is 4.80. The highest BCUT2D eigenvalue weighted by Crippen LogP contribution is 2.28. The molecule has 0 unspecified atom stereocenters. The van der Waals surface area contributed by atoms with E-state index in [-0.39, 0.29) is 13.0 Å². The van der Waals surface area contributed by atoms with Crippen molar-refractivity contribution in [2.75, 3.05) is 13.7 Å². The van der Waals surface area contributed by atoms with E-state index in [9.17, 15) is 5.11 Å². The number of aliphatic hydroxyl groups is 3. The third-order valence-corrected chi connectivity index (χ3v) is 1.73. The molecule has 1 fully saturated rings. The minimum Gasteiger partial charge on any atom is -0.394 e. The minimum atomic E-state index is -1.73. The van der Waals surface area contributed by atoms with Crippen LogP contribution in [-0.2, 0) is 9.47 Å². The zero-order valence-electron chi connectivity index (χ0n) is 6.23. The molecule has 0 radical (unpaired) electrons. The van der Waals surface area contributed by atoms with Crippen molar-refractivity contribution in [3.05, 3.63) is 0 Å². The first-order chi connectivity index (χ1) is 5.11. The average molecular weight is 164 g/mol. The van der Waals surface area contributed by atoms with Gasteiger partial charge in [0.1, 0.15) is 6.10 Å². The summed E-state index contributed by atoms with van der Waals surface area (Å²) in [6.07, 6.45) is -1.65. The molecule has 0 aromatic heterocycles. The average Bonchev–Trinajstić information content (AvgIpc) is 2.27. The molecular formula is C6H12O5. The minimum absolute atomic E-state index is 0.0330. The van der Waals surface area contributed by atoms with Crippen LogP contribution in [0.5, 0.6) is 0 Å². The van der Waals surface area contributed by atoms with Crippen LogP contribution in [0, 0.1) is 0 Å². The molecule has 1 heterocycles. The van der Waals surface area contributed by atoms with E-state index in [1.165, 1.54) is 7.11 Å². The van der Waals surface area contributed by atoms with E-state index in [2.05, 4.69) is 4.74 Å². The Morgan fingerprint density at radius 2 is 2.36 bits per heavy atom. The summed E-state index contributed by atoms with van der Waals surface area (Å²) in [6.45, 7) is -0.327. The van der Waals surface area contributed by atoms with Crippen LogP contribution in [-0.4, -0.2) is 47.2 Å². The van der Waals surface area contributed by atoms with E-state index in [4.69, 9.17) is 14.9 Å². The molecule has 0 aromatic rings. The van der Waals surface area contributed by atoms with Gasteiger partial charge in [0.05, 0.1) is 19.1 Å². The second-order valence-electron chi connectivity index (χ2n) is 2.53. The summed E-state index contributed by atoms with van der Waals surface area (Å²) in [5.74, 6) is -1.73. The Morgan fingerprint density at radius 1 is 1.73 bits per heavy atom. The van der Waals surface area contributed by atoms with Crippen molar-refractivity contribution < 1.29 is 24.8 Å². The van der Waals surface area contributed by atoms with Gasteiger partial charge in [-0.2, -0.15) is 0 Å². The maximum atomic E-state index is 9.26. The van der Waals surface area contributed by atoms with Crippen molar-refractivity contribution in [3.8, 4) is 0 Å². The van der Waals surface area contributed by atoms with Crippen LogP contribution >= 0.6 is 0 Å². The zero-order valence-corrected chi connectivity index (χ0v) is 6.23. The monoisotopic (exact) mass is 164 g/mol. The zero-order chi connectivity index (χ0) is 8.48. The maximum absolute atomic E-state index is 9.26. The predicted molar refractivity (Wildman–Crippen MR) is 34.5 cm³/mol. The molecule has 1 rings (SSSR count). The molecule has 0 amide bonds. The fraction of sp³-hybridized carbons (Fsp3) is 1.00. The lowest BCUT2D eigenvalue weighted by molar-refractivity contribution is -0.340. The quantitative estimate of drug-likeness (QED) is 0.429. The molecule has 5 heteroatoms. The second-order valence-corrected chi connectivity index (χ2v) is 2.53. The summed E-state index contributed by atoms with van der Waals surface area (Å²) in [4.78, 5) is 0. The normalized spacial score (nSPS) is 44.7. The number of hydrogen-bond donors (Lipinski definition) is 3. The van der Waals surface area contributed by atoms with E-state index >= 15 is 0 Å². The number of aliphatic hydroxyl groups excluding tert-OH is 2.